The standard InChI is InChI=1S/C13H22/c1-13(9-5-2-6-10-13)11-12-7-3-4-8-12/h11H,2-10H2,1H3. The Hall–Kier alpha value is -0.260. The van der Waals surface area contributed by atoms with Crippen molar-refractivity contribution in [1.82, 2.24) is 0 Å². The second-order valence-corrected chi connectivity index (χ2v) is 5.22. The lowest BCUT2D eigenvalue weighted by molar-refractivity contribution is 0.284. The first-order chi connectivity index (χ1) is 6.29. The summed E-state index contributed by atoms with van der Waals surface area (Å²) in [5, 5.41) is 0. The van der Waals surface area contributed by atoms with Crippen molar-refractivity contribution in [3.63, 3.8) is 0 Å². The maximum Gasteiger partial charge on any atom is -0.0144 e. The molecule has 0 bridgehead atoms. The van der Waals surface area contributed by atoms with Gasteiger partial charge in [-0.15, -0.1) is 0 Å². The van der Waals surface area contributed by atoms with Crippen LogP contribution in [0.5, 0.6) is 0 Å². The molecule has 0 N–H and O–H groups in total. The number of rotatable bonds is 1. The summed E-state index contributed by atoms with van der Waals surface area (Å²) in [5.41, 5.74) is 2.35. The molecule has 0 saturated heterocycles. The number of hydrogen-bond acceptors (Lipinski definition) is 0. The van der Waals surface area contributed by atoms with Gasteiger partial charge in [0.25, 0.3) is 0 Å². The van der Waals surface area contributed by atoms with Gasteiger partial charge in [-0.1, -0.05) is 37.8 Å². The topological polar surface area (TPSA) is 0 Å². The highest BCUT2D eigenvalue weighted by molar-refractivity contribution is 5.12. The summed E-state index contributed by atoms with van der Waals surface area (Å²) in [6, 6.07) is 0. The number of allylic oxidation sites excluding steroid dienone is 2. The molecule has 2 aliphatic rings. The van der Waals surface area contributed by atoms with Gasteiger partial charge in [0.1, 0.15) is 0 Å². The fraction of sp³-hybridized carbons (Fsp3) is 0.846. The molecule has 0 atom stereocenters. The van der Waals surface area contributed by atoms with Crippen LogP contribution >= 0.6 is 0 Å². The van der Waals surface area contributed by atoms with Crippen LogP contribution in [0, 0.1) is 5.41 Å². The quantitative estimate of drug-likeness (QED) is 0.520. The van der Waals surface area contributed by atoms with Gasteiger partial charge >= 0.3 is 0 Å². The summed E-state index contributed by atoms with van der Waals surface area (Å²) >= 11 is 0. The van der Waals surface area contributed by atoms with E-state index in [0.29, 0.717) is 5.41 Å². The predicted molar refractivity (Wildman–Crippen MR) is 57.7 cm³/mol. The van der Waals surface area contributed by atoms with Crippen molar-refractivity contribution in [2.24, 2.45) is 5.41 Å². The highest BCUT2D eigenvalue weighted by Gasteiger charge is 2.25. The van der Waals surface area contributed by atoms with Gasteiger partial charge < -0.3 is 0 Å². The van der Waals surface area contributed by atoms with E-state index in [4.69, 9.17) is 0 Å². The zero-order valence-electron chi connectivity index (χ0n) is 8.94. The maximum atomic E-state index is 2.64. The first kappa shape index (κ1) is 9.30. The third-order valence-electron chi connectivity index (χ3n) is 3.79. The molecule has 0 heteroatoms. The average Bonchev–Trinajstić information content (AvgIpc) is 2.57. The van der Waals surface area contributed by atoms with Crippen molar-refractivity contribution >= 4 is 0 Å². The molecule has 2 rings (SSSR count). The Morgan fingerprint density at radius 1 is 0.923 bits per heavy atom. The lowest BCUT2D eigenvalue weighted by Crippen LogP contribution is -2.17. The molecule has 0 radical (unpaired) electrons. The van der Waals surface area contributed by atoms with E-state index >= 15 is 0 Å². The molecular formula is C13H22. The lowest BCUT2D eigenvalue weighted by Gasteiger charge is -2.31. The van der Waals surface area contributed by atoms with Crippen LogP contribution in [0.1, 0.15) is 64.7 Å². The minimum absolute atomic E-state index is 0.581. The monoisotopic (exact) mass is 178 g/mol. The largest absolute Gasteiger partial charge is 0.0794 e. The molecule has 0 aliphatic heterocycles. The van der Waals surface area contributed by atoms with Crippen LogP contribution in [-0.4, -0.2) is 0 Å². The molecule has 0 aromatic heterocycles. The first-order valence-electron chi connectivity index (χ1n) is 5.99. The van der Waals surface area contributed by atoms with E-state index in [9.17, 15) is 0 Å². The van der Waals surface area contributed by atoms with Gasteiger partial charge in [-0.25, -0.2) is 0 Å². The fourth-order valence-corrected chi connectivity index (χ4v) is 2.97. The molecule has 74 valence electrons. The molecule has 0 nitrogen and oxygen atoms in total. The van der Waals surface area contributed by atoms with Crippen molar-refractivity contribution in [3.05, 3.63) is 11.6 Å². The summed E-state index contributed by atoms with van der Waals surface area (Å²) in [5.74, 6) is 0. The van der Waals surface area contributed by atoms with Crippen LogP contribution < -0.4 is 0 Å². The summed E-state index contributed by atoms with van der Waals surface area (Å²) in [4.78, 5) is 0. The molecule has 0 unspecified atom stereocenters. The molecule has 2 aliphatic carbocycles. The lowest BCUT2D eigenvalue weighted by atomic mass is 9.74. The van der Waals surface area contributed by atoms with Crippen LogP contribution in [0.4, 0.5) is 0 Å². The molecule has 0 spiro atoms. The fourth-order valence-electron chi connectivity index (χ4n) is 2.97. The highest BCUT2D eigenvalue weighted by Crippen LogP contribution is 2.40. The van der Waals surface area contributed by atoms with Crippen LogP contribution in [0.25, 0.3) is 0 Å². The summed E-state index contributed by atoms with van der Waals surface area (Å²) < 4.78 is 0. The predicted octanol–water partition coefficient (Wildman–Crippen LogP) is 4.46. The second-order valence-electron chi connectivity index (χ2n) is 5.22. The molecule has 2 fully saturated rings. The summed E-state index contributed by atoms with van der Waals surface area (Å²) in [7, 11) is 0. The average molecular weight is 178 g/mol. The van der Waals surface area contributed by atoms with Gasteiger partial charge in [0.05, 0.1) is 0 Å². The Morgan fingerprint density at radius 3 is 2.15 bits per heavy atom. The van der Waals surface area contributed by atoms with Gasteiger partial charge in [-0.3, -0.25) is 0 Å². The van der Waals surface area contributed by atoms with E-state index in [2.05, 4.69) is 13.0 Å². The van der Waals surface area contributed by atoms with Crippen LogP contribution in [0.2, 0.25) is 0 Å². The smallest absolute Gasteiger partial charge is 0.0144 e. The molecule has 0 heterocycles. The van der Waals surface area contributed by atoms with Crippen molar-refractivity contribution in [2.75, 3.05) is 0 Å². The minimum Gasteiger partial charge on any atom is -0.0794 e. The van der Waals surface area contributed by atoms with Crippen molar-refractivity contribution in [2.45, 2.75) is 64.7 Å². The van der Waals surface area contributed by atoms with Gasteiger partial charge in [0, 0.05) is 0 Å². The Morgan fingerprint density at radius 2 is 1.54 bits per heavy atom. The zero-order valence-corrected chi connectivity index (χ0v) is 8.94. The Kier molecular flexibility index (Phi) is 2.76. The molecule has 13 heavy (non-hydrogen) atoms. The Labute approximate surface area is 82.4 Å². The molecular weight excluding hydrogens is 156 g/mol. The van der Waals surface area contributed by atoms with Crippen molar-refractivity contribution in [3.8, 4) is 0 Å². The van der Waals surface area contributed by atoms with Gasteiger partial charge in [0.15, 0.2) is 0 Å². The van der Waals surface area contributed by atoms with E-state index in [0.717, 1.165) is 0 Å². The summed E-state index contributed by atoms with van der Waals surface area (Å²) in [6.45, 7) is 2.47. The van der Waals surface area contributed by atoms with Gasteiger partial charge in [0.2, 0.25) is 0 Å². The molecule has 0 aromatic rings. The van der Waals surface area contributed by atoms with E-state index in [1.807, 2.05) is 0 Å². The molecule has 2 saturated carbocycles. The van der Waals surface area contributed by atoms with Crippen molar-refractivity contribution in [1.29, 1.82) is 0 Å². The highest BCUT2D eigenvalue weighted by atomic mass is 14.3. The van der Waals surface area contributed by atoms with Gasteiger partial charge in [-0.2, -0.15) is 0 Å². The first-order valence-corrected chi connectivity index (χ1v) is 5.99. The third-order valence-corrected chi connectivity index (χ3v) is 3.79. The molecule has 0 aromatic carbocycles. The van der Waals surface area contributed by atoms with E-state index < -0.39 is 0 Å². The number of hydrogen-bond donors (Lipinski definition) is 0. The third kappa shape index (κ3) is 2.36. The van der Waals surface area contributed by atoms with Gasteiger partial charge in [-0.05, 0) is 43.9 Å². The minimum atomic E-state index is 0.581. The van der Waals surface area contributed by atoms with Crippen LogP contribution in [0.15, 0.2) is 11.6 Å². The summed E-state index contributed by atoms with van der Waals surface area (Å²) in [6.07, 6.45) is 15.6. The SMILES string of the molecule is CC1(C=C2CCCC2)CCCCC1. The Balaban J connectivity index is 2.00. The van der Waals surface area contributed by atoms with E-state index in [1.54, 1.807) is 5.57 Å². The maximum absolute atomic E-state index is 2.64. The normalized spacial score (nSPS) is 27.6. The van der Waals surface area contributed by atoms with E-state index in [-0.39, 0.29) is 0 Å². The van der Waals surface area contributed by atoms with Crippen molar-refractivity contribution < 1.29 is 0 Å². The zero-order chi connectivity index (χ0) is 9.15. The van der Waals surface area contributed by atoms with Crippen LogP contribution in [0.3, 0.4) is 0 Å². The molecule has 0 amide bonds. The van der Waals surface area contributed by atoms with E-state index in [1.165, 1.54) is 57.8 Å². The second kappa shape index (κ2) is 3.86. The Bertz CT molecular complexity index is 186. The van der Waals surface area contributed by atoms with Crippen LogP contribution in [-0.2, 0) is 0 Å².